The Balaban J connectivity index is 2.01. The van der Waals surface area contributed by atoms with Crippen molar-refractivity contribution < 1.29 is 9.32 Å². The van der Waals surface area contributed by atoms with Gasteiger partial charge in [0.2, 0.25) is 0 Å². The van der Waals surface area contributed by atoms with Crippen LogP contribution in [0, 0.1) is 12.8 Å². The van der Waals surface area contributed by atoms with Crippen molar-refractivity contribution in [2.75, 3.05) is 7.05 Å². The molecule has 2 amide bonds. The van der Waals surface area contributed by atoms with Crippen LogP contribution in [0.25, 0.3) is 0 Å². The summed E-state index contributed by atoms with van der Waals surface area (Å²) in [6, 6.07) is 11.7. The summed E-state index contributed by atoms with van der Waals surface area (Å²) >= 11 is 0. The zero-order valence-electron chi connectivity index (χ0n) is 13.5. The Labute approximate surface area is 131 Å². The Morgan fingerprint density at radius 2 is 2.00 bits per heavy atom. The molecular formula is C17H23N3O2. The molecule has 0 radical (unpaired) electrons. The number of rotatable bonds is 5. The number of nitrogens with one attached hydrogen (secondary N) is 1. The van der Waals surface area contributed by atoms with E-state index in [0.717, 1.165) is 17.0 Å². The van der Waals surface area contributed by atoms with Crippen molar-refractivity contribution >= 4 is 6.03 Å². The summed E-state index contributed by atoms with van der Waals surface area (Å²) in [5.41, 5.74) is 1.85. The average Bonchev–Trinajstić information content (AvgIpc) is 2.90. The molecule has 22 heavy (non-hydrogen) atoms. The molecule has 1 aromatic carbocycles. The van der Waals surface area contributed by atoms with Crippen LogP contribution in [0.1, 0.15) is 36.9 Å². The van der Waals surface area contributed by atoms with Crippen molar-refractivity contribution in [2.45, 2.75) is 33.4 Å². The summed E-state index contributed by atoms with van der Waals surface area (Å²) < 4.78 is 5.03. The van der Waals surface area contributed by atoms with Crippen LogP contribution in [0.4, 0.5) is 4.79 Å². The van der Waals surface area contributed by atoms with Crippen LogP contribution in [0.5, 0.6) is 0 Å². The molecule has 1 heterocycles. The third kappa shape index (κ3) is 4.10. The minimum atomic E-state index is -0.122. The fraction of sp³-hybridized carbons (Fsp3) is 0.412. The van der Waals surface area contributed by atoms with Gasteiger partial charge in [-0.15, -0.1) is 0 Å². The van der Waals surface area contributed by atoms with Crippen LogP contribution in [-0.2, 0) is 6.54 Å². The normalized spacial score (nSPS) is 12.2. The summed E-state index contributed by atoms with van der Waals surface area (Å²) in [4.78, 5) is 14.0. The number of hydrogen-bond acceptors (Lipinski definition) is 3. The lowest BCUT2D eigenvalue weighted by Crippen LogP contribution is -2.40. The second kappa shape index (κ2) is 7.11. The summed E-state index contributed by atoms with van der Waals surface area (Å²) in [6.07, 6.45) is 0. The van der Waals surface area contributed by atoms with E-state index in [9.17, 15) is 4.79 Å². The Kier molecular flexibility index (Phi) is 5.20. The monoisotopic (exact) mass is 301 g/mol. The molecule has 5 nitrogen and oxygen atoms in total. The number of urea groups is 1. The maximum absolute atomic E-state index is 12.4. The van der Waals surface area contributed by atoms with Crippen LogP contribution in [0.2, 0.25) is 0 Å². The highest BCUT2D eigenvalue weighted by atomic mass is 16.5. The molecule has 2 rings (SSSR count). The second-order valence-electron chi connectivity index (χ2n) is 5.87. The highest BCUT2D eigenvalue weighted by molar-refractivity contribution is 5.74. The fourth-order valence-corrected chi connectivity index (χ4v) is 2.35. The number of nitrogens with zero attached hydrogens (tertiary/aromatic N) is 2. The minimum absolute atomic E-state index is 0.0183. The van der Waals surface area contributed by atoms with E-state index in [1.807, 2.05) is 43.3 Å². The van der Waals surface area contributed by atoms with E-state index in [2.05, 4.69) is 24.3 Å². The molecule has 0 saturated carbocycles. The lowest BCUT2D eigenvalue weighted by molar-refractivity contribution is 0.197. The molecule has 1 atom stereocenters. The van der Waals surface area contributed by atoms with Crippen LogP contribution in [0.3, 0.4) is 0 Å². The van der Waals surface area contributed by atoms with E-state index < -0.39 is 0 Å². The van der Waals surface area contributed by atoms with Gasteiger partial charge in [0, 0.05) is 13.1 Å². The first-order valence-electron chi connectivity index (χ1n) is 7.46. The first-order valence-corrected chi connectivity index (χ1v) is 7.46. The predicted octanol–water partition coefficient (Wildman–Crippen LogP) is 3.52. The van der Waals surface area contributed by atoms with E-state index in [4.69, 9.17) is 4.52 Å². The van der Waals surface area contributed by atoms with Gasteiger partial charge in [0.1, 0.15) is 11.5 Å². The summed E-state index contributed by atoms with van der Waals surface area (Å²) in [5.74, 6) is 1.04. The molecule has 2 aromatic rings. The molecule has 0 bridgehead atoms. The van der Waals surface area contributed by atoms with Crippen LogP contribution in [-0.4, -0.2) is 23.1 Å². The SMILES string of the molecule is Cc1cc(CN(C)C(=O)NC(c2ccccc2)C(C)C)no1. The average molecular weight is 301 g/mol. The molecule has 1 unspecified atom stereocenters. The Morgan fingerprint density at radius 3 is 2.55 bits per heavy atom. The van der Waals surface area contributed by atoms with Crippen molar-refractivity contribution in [1.29, 1.82) is 0 Å². The number of amides is 2. The second-order valence-corrected chi connectivity index (χ2v) is 5.87. The molecular weight excluding hydrogens is 278 g/mol. The molecule has 5 heteroatoms. The van der Waals surface area contributed by atoms with Gasteiger partial charge in [-0.1, -0.05) is 49.3 Å². The number of hydrogen-bond donors (Lipinski definition) is 1. The molecule has 0 fully saturated rings. The van der Waals surface area contributed by atoms with Crippen LogP contribution in [0.15, 0.2) is 40.9 Å². The molecule has 0 aliphatic rings. The number of carbonyl (C=O) groups excluding carboxylic acids is 1. The molecule has 0 aliphatic heterocycles. The standard InChI is InChI=1S/C17H23N3O2/c1-12(2)16(14-8-6-5-7-9-14)18-17(21)20(4)11-15-10-13(3)22-19-15/h5-10,12,16H,11H2,1-4H3,(H,18,21). The molecule has 0 spiro atoms. The fourth-order valence-electron chi connectivity index (χ4n) is 2.35. The van der Waals surface area contributed by atoms with E-state index >= 15 is 0 Å². The zero-order chi connectivity index (χ0) is 16.1. The van der Waals surface area contributed by atoms with Crippen molar-refractivity contribution in [2.24, 2.45) is 5.92 Å². The Morgan fingerprint density at radius 1 is 1.32 bits per heavy atom. The Hall–Kier alpha value is -2.30. The minimum Gasteiger partial charge on any atom is -0.361 e. The van der Waals surface area contributed by atoms with Crippen molar-refractivity contribution in [1.82, 2.24) is 15.4 Å². The van der Waals surface area contributed by atoms with Crippen LogP contribution < -0.4 is 5.32 Å². The van der Waals surface area contributed by atoms with Gasteiger partial charge in [-0.2, -0.15) is 0 Å². The van der Waals surface area contributed by atoms with Crippen LogP contribution >= 0.6 is 0 Å². The molecule has 1 aromatic heterocycles. The highest BCUT2D eigenvalue weighted by Crippen LogP contribution is 2.21. The topological polar surface area (TPSA) is 58.4 Å². The first-order chi connectivity index (χ1) is 10.5. The van der Waals surface area contributed by atoms with E-state index in [1.54, 1.807) is 11.9 Å². The van der Waals surface area contributed by atoms with Crippen molar-refractivity contribution in [3.63, 3.8) is 0 Å². The third-order valence-electron chi connectivity index (χ3n) is 3.53. The quantitative estimate of drug-likeness (QED) is 0.919. The summed E-state index contributed by atoms with van der Waals surface area (Å²) in [5, 5.41) is 7.00. The van der Waals surface area contributed by atoms with Gasteiger partial charge in [0.05, 0.1) is 12.6 Å². The first kappa shape index (κ1) is 16.1. The smallest absolute Gasteiger partial charge is 0.317 e. The predicted molar refractivity (Wildman–Crippen MR) is 85.3 cm³/mol. The lowest BCUT2D eigenvalue weighted by atomic mass is 9.96. The van der Waals surface area contributed by atoms with Gasteiger partial charge in [-0.05, 0) is 18.4 Å². The number of aromatic nitrogens is 1. The number of aryl methyl sites for hydroxylation is 1. The number of benzene rings is 1. The van der Waals surface area contributed by atoms with Gasteiger partial charge in [0.15, 0.2) is 0 Å². The number of carbonyl (C=O) groups is 1. The largest absolute Gasteiger partial charge is 0.361 e. The molecule has 1 N–H and O–H groups in total. The molecule has 0 aliphatic carbocycles. The Bertz CT molecular complexity index is 607. The maximum Gasteiger partial charge on any atom is 0.317 e. The zero-order valence-corrected chi connectivity index (χ0v) is 13.5. The maximum atomic E-state index is 12.4. The molecule has 118 valence electrons. The van der Waals surface area contributed by atoms with Gasteiger partial charge in [-0.3, -0.25) is 0 Å². The molecule has 0 saturated heterocycles. The van der Waals surface area contributed by atoms with Gasteiger partial charge in [0.25, 0.3) is 0 Å². The lowest BCUT2D eigenvalue weighted by Gasteiger charge is -2.26. The summed E-state index contributed by atoms with van der Waals surface area (Å²) in [7, 11) is 1.75. The third-order valence-corrected chi connectivity index (χ3v) is 3.53. The van der Waals surface area contributed by atoms with E-state index in [1.165, 1.54) is 0 Å². The summed E-state index contributed by atoms with van der Waals surface area (Å²) in [6.45, 7) is 6.45. The van der Waals surface area contributed by atoms with E-state index in [0.29, 0.717) is 12.5 Å². The highest BCUT2D eigenvalue weighted by Gasteiger charge is 2.20. The van der Waals surface area contributed by atoms with Gasteiger partial charge < -0.3 is 14.7 Å². The van der Waals surface area contributed by atoms with E-state index in [-0.39, 0.29) is 12.1 Å². The van der Waals surface area contributed by atoms with Gasteiger partial charge >= 0.3 is 6.03 Å². The van der Waals surface area contributed by atoms with Gasteiger partial charge in [-0.25, -0.2) is 4.79 Å². The van der Waals surface area contributed by atoms with Crippen molar-refractivity contribution in [3.05, 3.63) is 53.4 Å². The van der Waals surface area contributed by atoms with Crippen molar-refractivity contribution in [3.8, 4) is 0 Å².